The second-order valence-electron chi connectivity index (χ2n) is 6.66. The normalized spacial score (nSPS) is 10.8. The molecule has 1 N–H and O–H groups in total. The molecule has 0 saturated carbocycles. The topological polar surface area (TPSA) is 69.0 Å². The van der Waals surface area contributed by atoms with Crippen LogP contribution in [0.5, 0.6) is 5.75 Å². The van der Waals surface area contributed by atoms with E-state index >= 15 is 0 Å². The predicted octanol–water partition coefficient (Wildman–Crippen LogP) is 5.13. The fourth-order valence-electron chi connectivity index (χ4n) is 2.86. The molecule has 1 amide bonds. The van der Waals surface area contributed by atoms with Crippen molar-refractivity contribution in [3.63, 3.8) is 0 Å². The average molecular weight is 493 g/mol. The largest absolute Gasteiger partial charge is 0.485 e. The molecule has 1 aromatic heterocycles. The fourth-order valence-corrected chi connectivity index (χ4v) is 4.02. The molecule has 3 aromatic rings. The second-order valence-corrected chi connectivity index (χ2v) is 8.52. The first-order chi connectivity index (χ1) is 14.4. The van der Waals surface area contributed by atoms with Crippen LogP contribution in [0, 0.1) is 19.7 Å². The number of aryl methyl sites for hydroxylation is 2. The van der Waals surface area contributed by atoms with Crippen molar-refractivity contribution in [3.05, 3.63) is 63.6 Å². The highest BCUT2D eigenvalue weighted by Crippen LogP contribution is 2.23. The lowest BCUT2D eigenvalue weighted by Gasteiger charge is -2.11. The first kappa shape index (κ1) is 22.3. The van der Waals surface area contributed by atoms with Crippen molar-refractivity contribution in [2.75, 3.05) is 11.1 Å². The highest BCUT2D eigenvalue weighted by molar-refractivity contribution is 9.10. The van der Waals surface area contributed by atoms with Gasteiger partial charge in [-0.05, 0) is 50.6 Å². The summed E-state index contributed by atoms with van der Waals surface area (Å²) >= 11 is 4.44. The van der Waals surface area contributed by atoms with Gasteiger partial charge >= 0.3 is 0 Å². The molecule has 0 atom stereocenters. The molecule has 0 fully saturated rings. The van der Waals surface area contributed by atoms with Crippen molar-refractivity contribution in [2.45, 2.75) is 39.1 Å². The standard InChI is InChI=1S/C21H22BrFN4O2S/c1-4-27-19(11-29-18-8-5-13(2)9-14(18)3)25-26-21(27)30-12-20(28)24-17-7-6-15(22)10-16(17)23/h5-10H,4,11-12H2,1-3H3,(H,24,28). The summed E-state index contributed by atoms with van der Waals surface area (Å²) in [5, 5.41) is 11.6. The van der Waals surface area contributed by atoms with E-state index in [4.69, 9.17) is 4.74 Å². The maximum absolute atomic E-state index is 13.9. The van der Waals surface area contributed by atoms with Crippen LogP contribution in [0.2, 0.25) is 0 Å². The van der Waals surface area contributed by atoms with E-state index in [9.17, 15) is 9.18 Å². The lowest BCUT2D eigenvalue weighted by atomic mass is 10.1. The molecule has 6 nitrogen and oxygen atoms in total. The number of benzene rings is 2. The second kappa shape index (κ2) is 10.1. The lowest BCUT2D eigenvalue weighted by Crippen LogP contribution is -2.15. The minimum Gasteiger partial charge on any atom is -0.485 e. The Morgan fingerprint density at radius 2 is 2.03 bits per heavy atom. The lowest BCUT2D eigenvalue weighted by molar-refractivity contribution is -0.113. The molecule has 1 heterocycles. The molecule has 9 heteroatoms. The van der Waals surface area contributed by atoms with Crippen molar-refractivity contribution in [2.24, 2.45) is 0 Å². The Labute approximate surface area is 187 Å². The van der Waals surface area contributed by atoms with E-state index in [0.29, 0.717) is 22.0 Å². The van der Waals surface area contributed by atoms with Crippen LogP contribution in [0.3, 0.4) is 0 Å². The number of hydrogen-bond donors (Lipinski definition) is 1. The van der Waals surface area contributed by atoms with Crippen LogP contribution in [0.1, 0.15) is 23.9 Å². The van der Waals surface area contributed by atoms with Gasteiger partial charge in [-0.25, -0.2) is 4.39 Å². The Morgan fingerprint density at radius 1 is 1.23 bits per heavy atom. The van der Waals surface area contributed by atoms with Crippen molar-refractivity contribution >= 4 is 39.3 Å². The molecule has 0 aliphatic rings. The van der Waals surface area contributed by atoms with Gasteiger partial charge in [0.25, 0.3) is 0 Å². The van der Waals surface area contributed by atoms with E-state index in [1.54, 1.807) is 6.07 Å². The molecule has 158 valence electrons. The van der Waals surface area contributed by atoms with Crippen molar-refractivity contribution in [3.8, 4) is 5.75 Å². The monoisotopic (exact) mass is 492 g/mol. The Balaban J connectivity index is 1.60. The maximum Gasteiger partial charge on any atom is 0.234 e. The van der Waals surface area contributed by atoms with E-state index in [2.05, 4.69) is 37.5 Å². The van der Waals surface area contributed by atoms with E-state index < -0.39 is 5.82 Å². The Kier molecular flexibility index (Phi) is 7.49. The molecule has 0 bridgehead atoms. The third-order valence-electron chi connectivity index (χ3n) is 4.33. The molecular formula is C21H22BrFN4O2S. The van der Waals surface area contributed by atoms with E-state index in [1.807, 2.05) is 37.5 Å². The number of nitrogens with zero attached hydrogens (tertiary/aromatic N) is 3. The van der Waals surface area contributed by atoms with Crippen LogP contribution in [-0.4, -0.2) is 26.4 Å². The molecule has 2 aromatic carbocycles. The van der Waals surface area contributed by atoms with Gasteiger partial charge in [0.05, 0.1) is 11.4 Å². The number of ether oxygens (including phenoxy) is 1. The molecule has 0 spiro atoms. The fraction of sp³-hybridized carbons (Fsp3) is 0.286. The summed E-state index contributed by atoms with van der Waals surface area (Å²) in [6.45, 7) is 6.94. The molecular weight excluding hydrogens is 471 g/mol. The number of anilines is 1. The Bertz CT molecular complexity index is 1060. The van der Waals surface area contributed by atoms with Gasteiger partial charge < -0.3 is 14.6 Å². The van der Waals surface area contributed by atoms with Gasteiger partial charge in [0.1, 0.15) is 18.2 Å². The molecule has 30 heavy (non-hydrogen) atoms. The highest BCUT2D eigenvalue weighted by atomic mass is 79.9. The summed E-state index contributed by atoms with van der Waals surface area (Å²) in [5.41, 5.74) is 2.38. The number of thioether (sulfide) groups is 1. The zero-order valence-corrected chi connectivity index (χ0v) is 19.3. The molecule has 0 aliphatic carbocycles. The third-order valence-corrected chi connectivity index (χ3v) is 5.79. The van der Waals surface area contributed by atoms with Crippen molar-refractivity contribution in [1.29, 1.82) is 0 Å². The van der Waals surface area contributed by atoms with Gasteiger partial charge in [0, 0.05) is 11.0 Å². The smallest absolute Gasteiger partial charge is 0.234 e. The first-order valence-electron chi connectivity index (χ1n) is 9.37. The SMILES string of the molecule is CCn1c(COc2ccc(C)cc2C)nnc1SCC(=O)Nc1ccc(Br)cc1F. The zero-order valence-electron chi connectivity index (χ0n) is 16.9. The van der Waals surface area contributed by atoms with Crippen LogP contribution < -0.4 is 10.1 Å². The predicted molar refractivity (Wildman–Crippen MR) is 119 cm³/mol. The van der Waals surface area contributed by atoms with E-state index in [0.717, 1.165) is 11.3 Å². The quantitative estimate of drug-likeness (QED) is 0.441. The minimum atomic E-state index is -0.495. The average Bonchev–Trinajstić information content (AvgIpc) is 3.09. The van der Waals surface area contributed by atoms with Crippen LogP contribution in [0.15, 0.2) is 46.0 Å². The van der Waals surface area contributed by atoms with Crippen molar-refractivity contribution in [1.82, 2.24) is 14.8 Å². The van der Waals surface area contributed by atoms with Crippen LogP contribution in [0.4, 0.5) is 10.1 Å². The number of carbonyl (C=O) groups excluding carboxylic acids is 1. The summed E-state index contributed by atoms with van der Waals surface area (Å²) < 4.78 is 22.3. The summed E-state index contributed by atoms with van der Waals surface area (Å²) in [6.07, 6.45) is 0. The molecule has 0 radical (unpaired) electrons. The number of amides is 1. The van der Waals surface area contributed by atoms with Gasteiger partial charge in [-0.1, -0.05) is 45.4 Å². The van der Waals surface area contributed by atoms with Crippen LogP contribution in [-0.2, 0) is 17.9 Å². The van der Waals surface area contributed by atoms with Crippen LogP contribution in [0.25, 0.3) is 0 Å². The van der Waals surface area contributed by atoms with E-state index in [-0.39, 0.29) is 24.0 Å². The molecule has 0 saturated heterocycles. The Morgan fingerprint density at radius 3 is 2.73 bits per heavy atom. The third kappa shape index (κ3) is 5.60. The number of rotatable bonds is 8. The maximum atomic E-state index is 13.9. The first-order valence-corrected chi connectivity index (χ1v) is 11.1. The van der Waals surface area contributed by atoms with Gasteiger partial charge in [0.15, 0.2) is 11.0 Å². The van der Waals surface area contributed by atoms with Gasteiger partial charge in [-0.15, -0.1) is 10.2 Å². The highest BCUT2D eigenvalue weighted by Gasteiger charge is 2.15. The number of carbonyl (C=O) groups is 1. The summed E-state index contributed by atoms with van der Waals surface area (Å²) in [4.78, 5) is 12.2. The number of nitrogens with one attached hydrogen (secondary N) is 1. The van der Waals surface area contributed by atoms with E-state index in [1.165, 1.54) is 29.5 Å². The van der Waals surface area contributed by atoms with Crippen molar-refractivity contribution < 1.29 is 13.9 Å². The minimum absolute atomic E-state index is 0.0889. The zero-order chi connectivity index (χ0) is 21.7. The van der Waals surface area contributed by atoms with Gasteiger partial charge in [-0.3, -0.25) is 4.79 Å². The van der Waals surface area contributed by atoms with Gasteiger partial charge in [-0.2, -0.15) is 0 Å². The summed E-state index contributed by atoms with van der Waals surface area (Å²) in [5.74, 6) is 0.756. The molecule has 0 unspecified atom stereocenters. The molecule has 3 rings (SSSR count). The molecule has 0 aliphatic heterocycles. The summed E-state index contributed by atoms with van der Waals surface area (Å²) in [6, 6.07) is 10.5. The Hall–Kier alpha value is -2.39. The summed E-state index contributed by atoms with van der Waals surface area (Å²) in [7, 11) is 0. The van der Waals surface area contributed by atoms with Crippen LogP contribution >= 0.6 is 27.7 Å². The number of aromatic nitrogens is 3. The number of halogens is 2. The number of hydrogen-bond acceptors (Lipinski definition) is 5. The van der Waals surface area contributed by atoms with Gasteiger partial charge in [0.2, 0.25) is 5.91 Å².